The molecule has 0 radical (unpaired) electrons. The topological polar surface area (TPSA) is 43.4 Å². The van der Waals surface area contributed by atoms with E-state index in [9.17, 15) is 0 Å². The number of hydrogen-bond acceptors (Lipinski definition) is 5. The van der Waals surface area contributed by atoms with Crippen molar-refractivity contribution in [2.24, 2.45) is 0 Å². The maximum atomic E-state index is 5.94. The Kier molecular flexibility index (Phi) is 4.77. The summed E-state index contributed by atoms with van der Waals surface area (Å²) in [6.07, 6.45) is 0.0191. The monoisotopic (exact) mass is 286 g/mol. The van der Waals surface area contributed by atoms with Gasteiger partial charge in [0.25, 0.3) is 0 Å². The van der Waals surface area contributed by atoms with Gasteiger partial charge < -0.3 is 14.8 Å². The fourth-order valence-corrected chi connectivity index (χ4v) is 2.72. The SMILES string of the molecule is COCC(CNc1nc2ccc(Cl)cc2s1)OC. The molecule has 2 aromatic rings. The number of thiazole rings is 1. The van der Waals surface area contributed by atoms with E-state index in [0.717, 1.165) is 20.4 Å². The first-order valence-corrected chi connectivity index (χ1v) is 6.74. The zero-order chi connectivity index (χ0) is 13.0. The molecule has 0 aliphatic heterocycles. The van der Waals surface area contributed by atoms with Gasteiger partial charge in [-0.05, 0) is 18.2 Å². The fraction of sp³-hybridized carbons (Fsp3) is 0.417. The lowest BCUT2D eigenvalue weighted by molar-refractivity contribution is 0.0365. The van der Waals surface area contributed by atoms with Crippen molar-refractivity contribution in [3.05, 3.63) is 23.2 Å². The number of rotatable bonds is 6. The van der Waals surface area contributed by atoms with Crippen LogP contribution < -0.4 is 5.32 Å². The van der Waals surface area contributed by atoms with Gasteiger partial charge in [0.05, 0.1) is 22.9 Å². The fourth-order valence-electron chi connectivity index (χ4n) is 1.57. The molecule has 18 heavy (non-hydrogen) atoms. The number of nitrogens with zero attached hydrogens (tertiary/aromatic N) is 1. The predicted molar refractivity (Wildman–Crippen MR) is 75.8 cm³/mol. The first-order valence-electron chi connectivity index (χ1n) is 5.54. The molecule has 1 aromatic carbocycles. The summed E-state index contributed by atoms with van der Waals surface area (Å²) in [5.74, 6) is 0. The molecule has 0 amide bonds. The summed E-state index contributed by atoms with van der Waals surface area (Å²) in [6.45, 7) is 1.22. The molecule has 2 rings (SSSR count). The van der Waals surface area contributed by atoms with E-state index in [0.29, 0.717) is 13.2 Å². The van der Waals surface area contributed by atoms with Crippen molar-refractivity contribution in [2.45, 2.75) is 6.10 Å². The van der Waals surface area contributed by atoms with Crippen molar-refractivity contribution in [1.82, 2.24) is 4.98 Å². The average molecular weight is 287 g/mol. The van der Waals surface area contributed by atoms with Crippen LogP contribution in [0.3, 0.4) is 0 Å². The molecule has 1 atom stereocenters. The summed E-state index contributed by atoms with van der Waals surface area (Å²) in [5, 5.41) is 4.84. The van der Waals surface area contributed by atoms with Crippen LogP contribution in [0, 0.1) is 0 Å². The van der Waals surface area contributed by atoms with E-state index < -0.39 is 0 Å². The lowest BCUT2D eigenvalue weighted by atomic mass is 10.3. The van der Waals surface area contributed by atoms with E-state index in [1.807, 2.05) is 18.2 Å². The van der Waals surface area contributed by atoms with Gasteiger partial charge >= 0.3 is 0 Å². The molecule has 1 N–H and O–H groups in total. The summed E-state index contributed by atoms with van der Waals surface area (Å²) in [4.78, 5) is 4.47. The van der Waals surface area contributed by atoms with Crippen LogP contribution in [0.1, 0.15) is 0 Å². The molecule has 0 saturated heterocycles. The molecule has 1 heterocycles. The minimum absolute atomic E-state index is 0.0191. The predicted octanol–water partition coefficient (Wildman–Crippen LogP) is 3.02. The van der Waals surface area contributed by atoms with E-state index >= 15 is 0 Å². The molecule has 6 heteroatoms. The summed E-state index contributed by atoms with van der Waals surface area (Å²) in [5.41, 5.74) is 0.951. The van der Waals surface area contributed by atoms with Crippen LogP contribution >= 0.6 is 22.9 Å². The van der Waals surface area contributed by atoms with E-state index in [2.05, 4.69) is 10.3 Å². The molecule has 0 bridgehead atoms. The second kappa shape index (κ2) is 6.33. The highest BCUT2D eigenvalue weighted by Crippen LogP contribution is 2.28. The molecule has 0 aliphatic carbocycles. The van der Waals surface area contributed by atoms with Gasteiger partial charge in [0.1, 0.15) is 0 Å². The molecule has 0 aliphatic rings. The van der Waals surface area contributed by atoms with Crippen LogP contribution in [0.25, 0.3) is 10.2 Å². The van der Waals surface area contributed by atoms with Gasteiger partial charge in [-0.2, -0.15) is 0 Å². The highest BCUT2D eigenvalue weighted by Gasteiger charge is 2.09. The molecule has 98 valence electrons. The number of ether oxygens (including phenoxy) is 2. The largest absolute Gasteiger partial charge is 0.382 e. The van der Waals surface area contributed by atoms with Crippen molar-refractivity contribution in [1.29, 1.82) is 0 Å². The van der Waals surface area contributed by atoms with Gasteiger partial charge in [-0.25, -0.2) is 4.98 Å². The van der Waals surface area contributed by atoms with E-state index in [-0.39, 0.29) is 6.10 Å². The van der Waals surface area contributed by atoms with Crippen molar-refractivity contribution >= 4 is 38.3 Å². The number of halogens is 1. The Labute approximate surface area is 115 Å². The number of anilines is 1. The minimum Gasteiger partial charge on any atom is -0.382 e. The molecule has 0 spiro atoms. The second-order valence-corrected chi connectivity index (χ2v) is 5.29. The molecule has 0 fully saturated rings. The van der Waals surface area contributed by atoms with Crippen molar-refractivity contribution in [2.75, 3.05) is 32.7 Å². The zero-order valence-corrected chi connectivity index (χ0v) is 11.8. The van der Waals surface area contributed by atoms with Crippen LogP contribution in [0.5, 0.6) is 0 Å². The molecular weight excluding hydrogens is 272 g/mol. The summed E-state index contributed by atoms with van der Waals surface area (Å²) in [7, 11) is 3.33. The second-order valence-electron chi connectivity index (χ2n) is 3.83. The van der Waals surface area contributed by atoms with Crippen LogP contribution in [0.2, 0.25) is 5.02 Å². The lowest BCUT2D eigenvalue weighted by Crippen LogP contribution is -2.26. The van der Waals surface area contributed by atoms with Crippen LogP contribution in [0.4, 0.5) is 5.13 Å². The van der Waals surface area contributed by atoms with E-state index in [1.165, 1.54) is 0 Å². The van der Waals surface area contributed by atoms with Crippen molar-refractivity contribution < 1.29 is 9.47 Å². The quantitative estimate of drug-likeness (QED) is 0.886. The van der Waals surface area contributed by atoms with Gasteiger partial charge in [-0.15, -0.1) is 0 Å². The minimum atomic E-state index is 0.0191. The molecule has 1 aromatic heterocycles. The highest BCUT2D eigenvalue weighted by atomic mass is 35.5. The third kappa shape index (κ3) is 3.32. The first-order chi connectivity index (χ1) is 8.72. The van der Waals surface area contributed by atoms with Gasteiger partial charge in [0.15, 0.2) is 5.13 Å². The summed E-state index contributed by atoms with van der Waals surface area (Å²) in [6, 6.07) is 5.68. The number of aromatic nitrogens is 1. The number of hydrogen-bond donors (Lipinski definition) is 1. The van der Waals surface area contributed by atoms with Gasteiger partial charge in [-0.3, -0.25) is 0 Å². The maximum absolute atomic E-state index is 5.94. The standard InChI is InChI=1S/C12H15ClN2O2S/c1-16-7-9(17-2)6-14-12-15-10-4-3-8(13)5-11(10)18-12/h3-5,9H,6-7H2,1-2H3,(H,14,15). The number of methoxy groups -OCH3 is 2. The number of benzene rings is 1. The van der Waals surface area contributed by atoms with Gasteiger partial charge in [0, 0.05) is 25.8 Å². The summed E-state index contributed by atoms with van der Waals surface area (Å²) < 4.78 is 11.4. The van der Waals surface area contributed by atoms with Crippen LogP contribution in [0.15, 0.2) is 18.2 Å². The van der Waals surface area contributed by atoms with E-state index in [1.54, 1.807) is 25.6 Å². The molecule has 1 unspecified atom stereocenters. The Hall–Kier alpha value is -0.880. The summed E-state index contributed by atoms with van der Waals surface area (Å²) >= 11 is 7.52. The number of fused-ring (bicyclic) bond motifs is 1. The molecule has 4 nitrogen and oxygen atoms in total. The smallest absolute Gasteiger partial charge is 0.183 e. The first kappa shape index (κ1) is 13.5. The Morgan fingerprint density at radius 2 is 2.28 bits per heavy atom. The average Bonchev–Trinajstić information content (AvgIpc) is 2.76. The molecular formula is C12H15ClN2O2S. The zero-order valence-electron chi connectivity index (χ0n) is 10.3. The van der Waals surface area contributed by atoms with Crippen molar-refractivity contribution in [3.63, 3.8) is 0 Å². The Morgan fingerprint density at radius 3 is 3.00 bits per heavy atom. The van der Waals surface area contributed by atoms with Gasteiger partial charge in [-0.1, -0.05) is 22.9 Å². The third-order valence-electron chi connectivity index (χ3n) is 2.52. The third-order valence-corrected chi connectivity index (χ3v) is 3.73. The van der Waals surface area contributed by atoms with Crippen LogP contribution in [-0.4, -0.2) is 38.5 Å². The highest BCUT2D eigenvalue weighted by molar-refractivity contribution is 7.22. The Balaban J connectivity index is 2.03. The van der Waals surface area contributed by atoms with E-state index in [4.69, 9.17) is 21.1 Å². The van der Waals surface area contributed by atoms with Crippen LogP contribution in [-0.2, 0) is 9.47 Å². The Bertz CT molecular complexity index is 518. The normalized spacial score (nSPS) is 12.8. The van der Waals surface area contributed by atoms with Crippen molar-refractivity contribution in [3.8, 4) is 0 Å². The lowest BCUT2D eigenvalue weighted by Gasteiger charge is -2.14. The maximum Gasteiger partial charge on any atom is 0.183 e. The number of nitrogens with one attached hydrogen (secondary N) is 1. The molecule has 0 saturated carbocycles. The van der Waals surface area contributed by atoms with Gasteiger partial charge in [0.2, 0.25) is 0 Å². The Morgan fingerprint density at radius 1 is 1.44 bits per heavy atom.